The average molecular weight is 394 g/mol. The van der Waals surface area contributed by atoms with E-state index in [9.17, 15) is 0 Å². The Kier molecular flexibility index (Phi) is 4.10. The van der Waals surface area contributed by atoms with Gasteiger partial charge in [0.2, 0.25) is 0 Å². The van der Waals surface area contributed by atoms with Crippen LogP contribution in [0.5, 0.6) is 0 Å². The Morgan fingerprint density at radius 1 is 1.29 bits per heavy atom. The van der Waals surface area contributed by atoms with Gasteiger partial charge in [0.05, 0.1) is 9.26 Å². The number of pyridine rings is 1. The van der Waals surface area contributed by atoms with Crippen LogP contribution in [-0.4, -0.2) is 21.5 Å². The van der Waals surface area contributed by atoms with Crippen LogP contribution in [0.2, 0.25) is 0 Å². The first-order valence-corrected chi connectivity index (χ1v) is 8.43. The Morgan fingerprint density at radius 3 is 2.67 bits per heavy atom. The normalized spacial score (nSPS) is 14.3. The third kappa shape index (κ3) is 3.02. The minimum Gasteiger partial charge on any atom is -0.369 e. The zero-order valence-electron chi connectivity index (χ0n) is 12.6. The van der Waals surface area contributed by atoms with Crippen LogP contribution in [0.25, 0.3) is 11.5 Å². The summed E-state index contributed by atoms with van der Waals surface area (Å²) in [7, 11) is 0. The van der Waals surface area contributed by atoms with Crippen molar-refractivity contribution in [1.82, 2.24) is 15.0 Å². The molecule has 1 N–H and O–H groups in total. The van der Waals surface area contributed by atoms with Gasteiger partial charge >= 0.3 is 0 Å². The van der Waals surface area contributed by atoms with Crippen molar-refractivity contribution in [3.8, 4) is 11.5 Å². The number of anilines is 1. The minimum atomic E-state index is 0.599. The van der Waals surface area contributed by atoms with Crippen LogP contribution in [-0.2, 0) is 0 Å². The number of aryl methyl sites for hydroxylation is 2. The summed E-state index contributed by atoms with van der Waals surface area (Å²) < 4.78 is 1.16. The second kappa shape index (κ2) is 5.87. The lowest BCUT2D eigenvalue weighted by molar-refractivity contribution is 0.963. The first-order chi connectivity index (χ1) is 10.1. The molecule has 0 amide bonds. The Bertz CT molecular complexity index is 680. The lowest BCUT2D eigenvalue weighted by Crippen LogP contribution is -2.08. The number of aromatic nitrogens is 3. The van der Waals surface area contributed by atoms with Crippen LogP contribution in [0, 0.1) is 17.4 Å². The Morgan fingerprint density at radius 2 is 2.05 bits per heavy atom. The van der Waals surface area contributed by atoms with E-state index in [1.165, 1.54) is 18.5 Å². The molecule has 0 unspecified atom stereocenters. The summed E-state index contributed by atoms with van der Waals surface area (Å²) in [6.45, 7) is 7.07. The first kappa shape index (κ1) is 14.7. The summed E-state index contributed by atoms with van der Waals surface area (Å²) in [4.78, 5) is 14.1. The number of nitrogens with zero attached hydrogens (tertiary/aromatic N) is 3. The van der Waals surface area contributed by atoms with Gasteiger partial charge in [-0.05, 0) is 67.3 Å². The third-order valence-electron chi connectivity index (χ3n) is 3.61. The van der Waals surface area contributed by atoms with Gasteiger partial charge in [-0.15, -0.1) is 0 Å². The Labute approximate surface area is 139 Å². The van der Waals surface area contributed by atoms with Gasteiger partial charge < -0.3 is 5.32 Å². The van der Waals surface area contributed by atoms with E-state index in [1.807, 2.05) is 6.20 Å². The van der Waals surface area contributed by atoms with Crippen LogP contribution in [0.1, 0.15) is 42.5 Å². The quantitative estimate of drug-likeness (QED) is 0.795. The van der Waals surface area contributed by atoms with Gasteiger partial charge in [0.15, 0.2) is 5.82 Å². The molecule has 0 atom stereocenters. The first-order valence-electron chi connectivity index (χ1n) is 7.35. The molecule has 0 aromatic carbocycles. The Hall–Kier alpha value is -1.24. The molecule has 2 aromatic heterocycles. The lowest BCUT2D eigenvalue weighted by Gasteiger charge is -2.12. The SMILES string of the molecule is CCNc1nc(-c2ncc(C)cc2C)nc(C2CC2)c1I. The van der Waals surface area contributed by atoms with E-state index < -0.39 is 0 Å². The van der Waals surface area contributed by atoms with Crippen LogP contribution < -0.4 is 5.32 Å². The van der Waals surface area contributed by atoms with Crippen molar-refractivity contribution in [2.45, 2.75) is 39.5 Å². The second-order valence-electron chi connectivity index (χ2n) is 5.58. The van der Waals surface area contributed by atoms with Gasteiger partial charge in [0, 0.05) is 18.7 Å². The number of hydrogen-bond donors (Lipinski definition) is 1. The molecule has 110 valence electrons. The summed E-state index contributed by atoms with van der Waals surface area (Å²) in [5.74, 6) is 2.28. The maximum absolute atomic E-state index is 4.82. The van der Waals surface area contributed by atoms with E-state index in [2.05, 4.69) is 59.7 Å². The fourth-order valence-corrected chi connectivity index (χ4v) is 3.30. The highest BCUT2D eigenvalue weighted by Gasteiger charge is 2.29. The molecule has 3 rings (SSSR count). The predicted octanol–water partition coefficient (Wildman–Crippen LogP) is 4.07. The Balaban J connectivity index is 2.13. The second-order valence-corrected chi connectivity index (χ2v) is 6.66. The van der Waals surface area contributed by atoms with Crippen LogP contribution in [0.15, 0.2) is 12.3 Å². The molecular weight excluding hydrogens is 375 g/mol. The van der Waals surface area contributed by atoms with Gasteiger partial charge in [-0.2, -0.15) is 0 Å². The summed E-state index contributed by atoms with van der Waals surface area (Å²) in [6.07, 6.45) is 4.35. The molecule has 0 aliphatic heterocycles. The summed E-state index contributed by atoms with van der Waals surface area (Å²) in [5, 5.41) is 3.35. The third-order valence-corrected chi connectivity index (χ3v) is 4.68. The van der Waals surface area contributed by atoms with Gasteiger partial charge in [-0.3, -0.25) is 4.98 Å². The van der Waals surface area contributed by atoms with Crippen molar-refractivity contribution in [1.29, 1.82) is 0 Å². The van der Waals surface area contributed by atoms with Crippen molar-refractivity contribution >= 4 is 28.4 Å². The highest BCUT2D eigenvalue weighted by Crippen LogP contribution is 2.43. The molecule has 4 nitrogen and oxygen atoms in total. The molecule has 0 saturated heterocycles. The standard InChI is InChI=1S/C16H19IN4/c1-4-18-15-12(17)14(11-5-6-11)20-16(21-15)13-10(3)7-9(2)8-19-13/h7-8,11H,4-6H2,1-3H3,(H,18,20,21). The molecule has 1 fully saturated rings. The number of nitrogens with one attached hydrogen (secondary N) is 1. The lowest BCUT2D eigenvalue weighted by atomic mass is 10.1. The molecular formula is C16H19IN4. The summed E-state index contributed by atoms with van der Waals surface area (Å²) >= 11 is 2.36. The molecule has 2 heterocycles. The van der Waals surface area contributed by atoms with Crippen molar-refractivity contribution in [3.63, 3.8) is 0 Å². The number of hydrogen-bond acceptors (Lipinski definition) is 4. The van der Waals surface area contributed by atoms with E-state index in [4.69, 9.17) is 9.97 Å². The topological polar surface area (TPSA) is 50.7 Å². The van der Waals surface area contributed by atoms with E-state index >= 15 is 0 Å². The molecule has 21 heavy (non-hydrogen) atoms. The van der Waals surface area contributed by atoms with E-state index in [0.29, 0.717) is 5.92 Å². The molecule has 0 radical (unpaired) electrons. The van der Waals surface area contributed by atoms with Crippen molar-refractivity contribution in [2.24, 2.45) is 0 Å². The highest BCUT2D eigenvalue weighted by atomic mass is 127. The van der Waals surface area contributed by atoms with Gasteiger partial charge in [-0.1, -0.05) is 6.07 Å². The van der Waals surface area contributed by atoms with Gasteiger partial charge in [-0.25, -0.2) is 9.97 Å². The summed E-state index contributed by atoms with van der Waals surface area (Å²) in [5.41, 5.74) is 4.35. The number of halogens is 1. The van der Waals surface area contributed by atoms with E-state index in [-0.39, 0.29) is 0 Å². The molecule has 1 saturated carbocycles. The smallest absolute Gasteiger partial charge is 0.180 e. The largest absolute Gasteiger partial charge is 0.369 e. The van der Waals surface area contributed by atoms with Crippen LogP contribution in [0.3, 0.4) is 0 Å². The molecule has 5 heteroatoms. The van der Waals surface area contributed by atoms with Gasteiger partial charge in [0.1, 0.15) is 11.5 Å². The molecule has 1 aliphatic carbocycles. The molecule has 0 spiro atoms. The molecule has 0 bridgehead atoms. The minimum absolute atomic E-state index is 0.599. The molecule has 2 aromatic rings. The highest BCUT2D eigenvalue weighted by molar-refractivity contribution is 14.1. The van der Waals surface area contributed by atoms with Crippen molar-refractivity contribution < 1.29 is 0 Å². The van der Waals surface area contributed by atoms with E-state index in [0.717, 1.165) is 38.6 Å². The maximum atomic E-state index is 4.82. The van der Waals surface area contributed by atoms with Crippen LogP contribution >= 0.6 is 22.6 Å². The van der Waals surface area contributed by atoms with Crippen molar-refractivity contribution in [3.05, 3.63) is 32.7 Å². The fourth-order valence-electron chi connectivity index (χ4n) is 2.43. The average Bonchev–Trinajstić information content (AvgIpc) is 3.26. The predicted molar refractivity (Wildman–Crippen MR) is 93.6 cm³/mol. The maximum Gasteiger partial charge on any atom is 0.180 e. The summed E-state index contributed by atoms with van der Waals surface area (Å²) in [6, 6.07) is 2.13. The molecule has 1 aliphatic rings. The zero-order valence-corrected chi connectivity index (χ0v) is 14.7. The fraction of sp³-hybridized carbons (Fsp3) is 0.438. The van der Waals surface area contributed by atoms with Crippen LogP contribution in [0.4, 0.5) is 5.82 Å². The monoisotopic (exact) mass is 394 g/mol. The van der Waals surface area contributed by atoms with E-state index in [1.54, 1.807) is 0 Å². The number of rotatable bonds is 4. The van der Waals surface area contributed by atoms with Crippen molar-refractivity contribution in [2.75, 3.05) is 11.9 Å². The van der Waals surface area contributed by atoms with Gasteiger partial charge in [0.25, 0.3) is 0 Å². The zero-order chi connectivity index (χ0) is 15.0.